The van der Waals surface area contributed by atoms with Crippen LogP contribution >= 0.6 is 8.03 Å². The molecule has 8 heteroatoms. The summed E-state index contributed by atoms with van der Waals surface area (Å²) in [6.45, 7) is 10.7. The zero-order valence-corrected chi connectivity index (χ0v) is 16.7. The van der Waals surface area contributed by atoms with Gasteiger partial charge in [-0.3, -0.25) is 4.79 Å². The zero-order valence-electron chi connectivity index (χ0n) is 15.8. The number of rotatable bonds is 9. The average molecular weight is 374 g/mol. The summed E-state index contributed by atoms with van der Waals surface area (Å²) in [6.07, 6.45) is 3.51. The lowest BCUT2D eigenvalue weighted by Gasteiger charge is -2.21. The van der Waals surface area contributed by atoms with Crippen LogP contribution in [0.2, 0.25) is 0 Å². The van der Waals surface area contributed by atoms with Crippen LogP contribution in [0.1, 0.15) is 19.8 Å². The predicted molar refractivity (Wildman–Crippen MR) is 98.2 cm³/mol. The van der Waals surface area contributed by atoms with Crippen LogP contribution in [0.25, 0.3) is 0 Å². The van der Waals surface area contributed by atoms with E-state index in [9.17, 15) is 14.2 Å². The van der Waals surface area contributed by atoms with Crippen molar-refractivity contribution in [2.24, 2.45) is 0 Å². The van der Waals surface area contributed by atoms with Crippen molar-refractivity contribution in [3.63, 3.8) is 0 Å². The maximum absolute atomic E-state index is 11.4. The summed E-state index contributed by atoms with van der Waals surface area (Å²) in [4.78, 5) is 23.3. The number of hydrogen-bond acceptors (Lipinski definition) is 5. The number of hydrogen-bond donors (Lipinski definition) is 0. The van der Waals surface area contributed by atoms with Crippen LogP contribution in [0, 0.1) is 0 Å². The number of ether oxygens (including phenoxy) is 1. The number of likely N-dealkylation sites (N-methyl/N-ethyl adjacent to an activating group) is 1. The molecule has 25 heavy (non-hydrogen) atoms. The number of quaternary nitrogens is 1. The Kier molecular flexibility index (Phi) is 11.2. The van der Waals surface area contributed by atoms with Gasteiger partial charge in [-0.25, -0.2) is 4.79 Å². The lowest BCUT2D eigenvalue weighted by atomic mass is 10.4. The molecule has 0 bridgehead atoms. The molecule has 0 aliphatic carbocycles. The number of nitrogens with zero attached hydrogens (tertiary/aromatic N) is 2. The molecule has 7 nitrogen and oxygen atoms in total. The highest BCUT2D eigenvalue weighted by Crippen LogP contribution is 2.21. The highest BCUT2D eigenvalue weighted by Gasteiger charge is 2.20. The van der Waals surface area contributed by atoms with Crippen LogP contribution in [-0.4, -0.2) is 74.9 Å². The Morgan fingerprint density at radius 1 is 1.36 bits per heavy atom. The Balaban J connectivity index is 0.000000593. The summed E-state index contributed by atoms with van der Waals surface area (Å²) in [5, 5.41) is 0. The first kappa shape index (κ1) is 23.4. The Morgan fingerprint density at radius 2 is 2.00 bits per heavy atom. The van der Waals surface area contributed by atoms with Gasteiger partial charge >= 0.3 is 14.0 Å². The normalized spacial score (nSPS) is 14.5. The monoisotopic (exact) mass is 374 g/mol. The minimum absolute atomic E-state index is 0.102. The Morgan fingerprint density at radius 3 is 2.40 bits per heavy atom. The molecule has 1 fully saturated rings. The van der Waals surface area contributed by atoms with Gasteiger partial charge in [-0.2, -0.15) is 0 Å². The standard InChI is InChI=1S/C11H22NO4P.C6H9NO/c1-10(2)11(13)15-8-9-17(14)16-7-6-12(3,4)5;1-2-7-5-3-4-6(7)8/h1,6-9H2,2-5H3;2H,1,3-5H2/q+2;. The second kappa shape index (κ2) is 11.9. The molecule has 1 amide bonds. The molecule has 1 saturated heterocycles. The number of likely N-dealkylation sites (tertiary alicyclic amines) is 1. The number of esters is 1. The summed E-state index contributed by atoms with van der Waals surface area (Å²) in [7, 11) is 4.35. The molecule has 1 rings (SSSR count). The molecule has 0 saturated carbocycles. The SMILES string of the molecule is C=C(C)C(=O)OCC[P+](=O)OCC[N+](C)(C)C.C=CN1CCCC1=O. The first-order chi connectivity index (χ1) is 11.6. The van der Waals surface area contributed by atoms with E-state index < -0.39 is 14.0 Å². The minimum Gasteiger partial charge on any atom is -0.458 e. The van der Waals surface area contributed by atoms with E-state index in [0.29, 0.717) is 18.6 Å². The number of carbonyl (C=O) groups excluding carboxylic acids is 2. The molecule has 0 spiro atoms. The molecule has 142 valence electrons. The zero-order chi connectivity index (χ0) is 19.5. The number of amides is 1. The first-order valence-electron chi connectivity index (χ1n) is 8.19. The van der Waals surface area contributed by atoms with E-state index in [1.807, 2.05) is 21.1 Å². The van der Waals surface area contributed by atoms with E-state index in [1.165, 1.54) is 0 Å². The van der Waals surface area contributed by atoms with E-state index in [2.05, 4.69) is 13.2 Å². The first-order valence-corrected chi connectivity index (χ1v) is 9.56. The Labute approximate surface area is 151 Å². The van der Waals surface area contributed by atoms with Crippen LogP contribution in [0.15, 0.2) is 24.9 Å². The third-order valence-corrected chi connectivity index (χ3v) is 4.20. The Bertz CT molecular complexity index is 500. The van der Waals surface area contributed by atoms with Crippen molar-refractivity contribution in [2.45, 2.75) is 19.8 Å². The van der Waals surface area contributed by atoms with Crippen molar-refractivity contribution in [3.8, 4) is 0 Å². The molecule has 1 heterocycles. The fraction of sp³-hybridized carbons (Fsp3) is 0.647. The summed E-state index contributed by atoms with van der Waals surface area (Å²) < 4.78 is 22.1. The third-order valence-electron chi connectivity index (χ3n) is 3.18. The summed E-state index contributed by atoms with van der Waals surface area (Å²) in [6, 6.07) is 0. The van der Waals surface area contributed by atoms with Crippen molar-refractivity contribution >= 4 is 19.9 Å². The van der Waals surface area contributed by atoms with Gasteiger partial charge in [-0.05, 0) is 24.1 Å². The van der Waals surface area contributed by atoms with Crippen LogP contribution in [0.5, 0.6) is 0 Å². The molecule has 1 unspecified atom stereocenters. The fourth-order valence-electron chi connectivity index (χ4n) is 1.68. The summed E-state index contributed by atoms with van der Waals surface area (Å²) in [5.41, 5.74) is 0.339. The summed E-state index contributed by atoms with van der Waals surface area (Å²) >= 11 is 0. The van der Waals surface area contributed by atoms with Crippen LogP contribution < -0.4 is 0 Å². The molecule has 0 aromatic rings. The average Bonchev–Trinajstić information content (AvgIpc) is 2.91. The van der Waals surface area contributed by atoms with Crippen molar-refractivity contribution in [1.82, 2.24) is 4.90 Å². The topological polar surface area (TPSA) is 72.9 Å². The van der Waals surface area contributed by atoms with Gasteiger partial charge in [0.1, 0.15) is 13.2 Å². The maximum Gasteiger partial charge on any atom is 0.511 e. The van der Waals surface area contributed by atoms with Gasteiger partial charge in [-0.1, -0.05) is 13.2 Å². The van der Waals surface area contributed by atoms with Gasteiger partial charge in [0.15, 0.2) is 6.61 Å². The second-order valence-electron chi connectivity index (χ2n) is 6.69. The van der Waals surface area contributed by atoms with E-state index in [-0.39, 0.29) is 18.7 Å². The minimum atomic E-state index is -1.75. The van der Waals surface area contributed by atoms with Crippen LogP contribution in [0.3, 0.4) is 0 Å². The Hall–Kier alpha value is -1.56. The smallest absolute Gasteiger partial charge is 0.458 e. The van der Waals surface area contributed by atoms with Gasteiger partial charge in [0.25, 0.3) is 0 Å². The van der Waals surface area contributed by atoms with Crippen LogP contribution in [-0.2, 0) is 23.4 Å². The van der Waals surface area contributed by atoms with Gasteiger partial charge in [-0.15, -0.1) is 4.52 Å². The van der Waals surface area contributed by atoms with E-state index in [4.69, 9.17) is 9.26 Å². The van der Waals surface area contributed by atoms with Gasteiger partial charge in [0.05, 0.1) is 21.1 Å². The predicted octanol–water partition coefficient (Wildman–Crippen LogP) is 2.32. The van der Waals surface area contributed by atoms with Gasteiger partial charge in [0.2, 0.25) is 12.1 Å². The lowest BCUT2D eigenvalue weighted by molar-refractivity contribution is -0.870. The largest absolute Gasteiger partial charge is 0.511 e. The van der Waals surface area contributed by atoms with Gasteiger partial charge < -0.3 is 14.1 Å². The molecule has 1 atom stereocenters. The van der Waals surface area contributed by atoms with Crippen molar-refractivity contribution in [3.05, 3.63) is 24.9 Å². The van der Waals surface area contributed by atoms with E-state index in [1.54, 1.807) is 18.0 Å². The fourth-order valence-corrected chi connectivity index (χ4v) is 2.33. The van der Waals surface area contributed by atoms with Crippen molar-refractivity contribution < 1.29 is 27.9 Å². The molecule has 1 aliphatic heterocycles. The molecular formula is C17H31N2O5P+2. The lowest BCUT2D eigenvalue weighted by Crippen LogP contribution is -2.37. The third kappa shape index (κ3) is 12.5. The highest BCUT2D eigenvalue weighted by molar-refractivity contribution is 7.39. The van der Waals surface area contributed by atoms with Crippen molar-refractivity contribution in [2.75, 3.05) is 53.6 Å². The maximum atomic E-state index is 11.4. The molecule has 0 N–H and O–H groups in total. The molecule has 0 radical (unpaired) electrons. The molecule has 0 aromatic carbocycles. The highest BCUT2D eigenvalue weighted by atomic mass is 31.1. The van der Waals surface area contributed by atoms with E-state index in [0.717, 1.165) is 24.0 Å². The van der Waals surface area contributed by atoms with Gasteiger partial charge in [0, 0.05) is 18.5 Å². The second-order valence-corrected chi connectivity index (χ2v) is 8.06. The summed E-state index contributed by atoms with van der Waals surface area (Å²) in [5.74, 6) is -0.250. The number of carbonyl (C=O) groups is 2. The quantitative estimate of drug-likeness (QED) is 0.268. The van der Waals surface area contributed by atoms with E-state index >= 15 is 0 Å². The molecular weight excluding hydrogens is 343 g/mol. The molecule has 1 aliphatic rings. The van der Waals surface area contributed by atoms with Crippen LogP contribution in [0.4, 0.5) is 0 Å². The van der Waals surface area contributed by atoms with Crippen molar-refractivity contribution in [1.29, 1.82) is 0 Å². The molecule has 0 aromatic heterocycles.